The van der Waals surface area contributed by atoms with Gasteiger partial charge in [0.2, 0.25) is 0 Å². The van der Waals surface area contributed by atoms with E-state index in [1.807, 2.05) is 0 Å². The number of hydrogen-bond donors (Lipinski definition) is 2. The molecule has 7 heteroatoms. The lowest BCUT2D eigenvalue weighted by molar-refractivity contribution is 0.0569. The van der Waals surface area contributed by atoms with Gasteiger partial charge in [-0.2, -0.15) is 13.1 Å². The van der Waals surface area contributed by atoms with Gasteiger partial charge < -0.3 is 4.74 Å². The molecule has 0 aliphatic rings. The fourth-order valence-electron chi connectivity index (χ4n) is 0.635. The molecule has 6 nitrogen and oxygen atoms in total. The lowest BCUT2D eigenvalue weighted by Crippen LogP contribution is -2.42. The van der Waals surface area contributed by atoms with E-state index in [9.17, 15) is 13.2 Å². The Labute approximate surface area is 84.2 Å². The van der Waals surface area contributed by atoms with Crippen molar-refractivity contribution in [2.24, 2.45) is 0 Å². The third-order valence-electron chi connectivity index (χ3n) is 0.951. The molecule has 14 heavy (non-hydrogen) atoms. The predicted molar refractivity (Wildman–Crippen MR) is 52.0 cm³/mol. The van der Waals surface area contributed by atoms with Crippen molar-refractivity contribution in [3.8, 4) is 0 Å². The lowest BCUT2D eigenvalue weighted by Gasteiger charge is -2.19. The Balaban J connectivity index is 4.21. The van der Waals surface area contributed by atoms with Crippen LogP contribution in [0.3, 0.4) is 0 Å². The zero-order valence-corrected chi connectivity index (χ0v) is 9.56. The van der Waals surface area contributed by atoms with E-state index < -0.39 is 21.9 Å². The molecule has 0 bridgehead atoms. The van der Waals surface area contributed by atoms with E-state index in [0.717, 1.165) is 0 Å². The molecule has 0 aromatic heterocycles. The summed E-state index contributed by atoms with van der Waals surface area (Å²) >= 11 is 0. The second-order valence-electron chi connectivity index (χ2n) is 3.61. The lowest BCUT2D eigenvalue weighted by atomic mass is 10.2. The van der Waals surface area contributed by atoms with Crippen molar-refractivity contribution in [1.29, 1.82) is 0 Å². The van der Waals surface area contributed by atoms with E-state index in [1.54, 1.807) is 32.4 Å². The van der Waals surface area contributed by atoms with Gasteiger partial charge in [-0.05, 0) is 20.8 Å². The molecular formula is C7H16N2O4S. The molecule has 0 fully saturated rings. The SMILES string of the molecule is CCNS(=O)(=O)NC(=O)OC(C)(C)C. The molecule has 2 N–H and O–H groups in total. The van der Waals surface area contributed by atoms with Gasteiger partial charge in [0.05, 0.1) is 0 Å². The first-order chi connectivity index (χ1) is 6.16. The fourth-order valence-corrected chi connectivity index (χ4v) is 1.35. The standard InChI is InChI=1S/C7H16N2O4S/c1-5-8-14(11,12)9-6(10)13-7(2,3)4/h8H,5H2,1-4H3,(H,9,10). The Morgan fingerprint density at radius 2 is 1.86 bits per heavy atom. The zero-order valence-electron chi connectivity index (χ0n) is 8.75. The minimum Gasteiger partial charge on any atom is -0.443 e. The Kier molecular flexibility index (Phi) is 4.34. The van der Waals surface area contributed by atoms with E-state index in [1.165, 1.54) is 0 Å². The number of hydrogen-bond acceptors (Lipinski definition) is 4. The number of carbonyl (C=O) groups is 1. The monoisotopic (exact) mass is 224 g/mol. The van der Waals surface area contributed by atoms with E-state index >= 15 is 0 Å². The Morgan fingerprint density at radius 3 is 2.21 bits per heavy atom. The number of carbonyl (C=O) groups excluding carboxylic acids is 1. The first-order valence-electron chi connectivity index (χ1n) is 4.16. The number of ether oxygens (including phenoxy) is 1. The van der Waals surface area contributed by atoms with Crippen molar-refractivity contribution in [2.45, 2.75) is 33.3 Å². The van der Waals surface area contributed by atoms with Crippen molar-refractivity contribution in [1.82, 2.24) is 9.44 Å². The highest BCUT2D eigenvalue weighted by atomic mass is 32.2. The summed E-state index contributed by atoms with van der Waals surface area (Å²) in [5.74, 6) is 0. The van der Waals surface area contributed by atoms with E-state index in [2.05, 4.69) is 4.72 Å². The molecule has 0 aromatic rings. The minimum atomic E-state index is -3.78. The van der Waals surface area contributed by atoms with Crippen LogP contribution in [0.1, 0.15) is 27.7 Å². The summed E-state index contributed by atoms with van der Waals surface area (Å²) in [4.78, 5) is 11.0. The first-order valence-corrected chi connectivity index (χ1v) is 5.65. The van der Waals surface area contributed by atoms with Crippen molar-refractivity contribution in [3.05, 3.63) is 0 Å². The Morgan fingerprint density at radius 1 is 1.36 bits per heavy atom. The fraction of sp³-hybridized carbons (Fsp3) is 0.857. The van der Waals surface area contributed by atoms with Crippen LogP contribution in [0.2, 0.25) is 0 Å². The van der Waals surface area contributed by atoms with Crippen LogP contribution < -0.4 is 9.44 Å². The maximum absolute atomic E-state index is 11.0. The van der Waals surface area contributed by atoms with Crippen LogP contribution in [-0.2, 0) is 14.9 Å². The molecular weight excluding hydrogens is 208 g/mol. The van der Waals surface area contributed by atoms with Crippen LogP contribution in [0.4, 0.5) is 4.79 Å². The summed E-state index contributed by atoms with van der Waals surface area (Å²) < 4.78 is 30.6. The van der Waals surface area contributed by atoms with Gasteiger partial charge in [-0.25, -0.2) is 9.52 Å². The van der Waals surface area contributed by atoms with Gasteiger partial charge in [0.1, 0.15) is 5.60 Å². The molecule has 0 heterocycles. The minimum absolute atomic E-state index is 0.206. The molecule has 0 spiro atoms. The smallest absolute Gasteiger partial charge is 0.422 e. The Bertz CT molecular complexity index is 291. The summed E-state index contributed by atoms with van der Waals surface area (Å²) in [5, 5.41) is 0. The molecule has 0 saturated heterocycles. The molecule has 0 aromatic carbocycles. The molecule has 0 radical (unpaired) electrons. The third kappa shape index (κ3) is 6.67. The maximum atomic E-state index is 11.0. The predicted octanol–water partition coefficient (Wildman–Crippen LogP) is 0.365. The van der Waals surface area contributed by atoms with Gasteiger partial charge in [-0.3, -0.25) is 0 Å². The largest absolute Gasteiger partial charge is 0.443 e. The van der Waals surface area contributed by atoms with Crippen molar-refractivity contribution in [3.63, 3.8) is 0 Å². The van der Waals surface area contributed by atoms with Crippen molar-refractivity contribution >= 4 is 16.3 Å². The van der Waals surface area contributed by atoms with Gasteiger partial charge in [0.25, 0.3) is 0 Å². The molecule has 0 unspecified atom stereocenters. The topological polar surface area (TPSA) is 84.5 Å². The summed E-state index contributed by atoms with van der Waals surface area (Å²) in [5.41, 5.74) is -0.716. The van der Waals surface area contributed by atoms with Crippen LogP contribution >= 0.6 is 0 Å². The maximum Gasteiger partial charge on any atom is 0.422 e. The summed E-state index contributed by atoms with van der Waals surface area (Å²) in [6, 6.07) is 0. The first kappa shape index (κ1) is 13.2. The zero-order chi connectivity index (χ0) is 11.4. The summed E-state index contributed by atoms with van der Waals surface area (Å²) in [7, 11) is -3.78. The average Bonchev–Trinajstić information content (AvgIpc) is 1.78. The van der Waals surface area contributed by atoms with Gasteiger partial charge in [-0.15, -0.1) is 0 Å². The second kappa shape index (κ2) is 4.61. The van der Waals surface area contributed by atoms with Gasteiger partial charge >= 0.3 is 16.3 Å². The van der Waals surface area contributed by atoms with Crippen LogP contribution in [0.25, 0.3) is 0 Å². The van der Waals surface area contributed by atoms with E-state index in [4.69, 9.17) is 4.74 Å². The average molecular weight is 224 g/mol. The van der Waals surface area contributed by atoms with Crippen LogP contribution in [0.15, 0.2) is 0 Å². The van der Waals surface area contributed by atoms with Crippen LogP contribution in [0.5, 0.6) is 0 Å². The number of nitrogens with one attached hydrogen (secondary N) is 2. The van der Waals surface area contributed by atoms with E-state index in [-0.39, 0.29) is 6.54 Å². The molecule has 84 valence electrons. The van der Waals surface area contributed by atoms with Crippen molar-refractivity contribution < 1.29 is 17.9 Å². The highest BCUT2D eigenvalue weighted by molar-refractivity contribution is 7.88. The van der Waals surface area contributed by atoms with Crippen molar-refractivity contribution in [2.75, 3.05) is 6.54 Å². The van der Waals surface area contributed by atoms with E-state index in [0.29, 0.717) is 0 Å². The number of rotatable bonds is 3. The Hall–Kier alpha value is -0.820. The quantitative estimate of drug-likeness (QED) is 0.725. The second-order valence-corrected chi connectivity index (χ2v) is 5.10. The molecule has 0 saturated carbocycles. The third-order valence-corrected chi connectivity index (χ3v) is 2.06. The van der Waals surface area contributed by atoms with Gasteiger partial charge in [-0.1, -0.05) is 6.92 Å². The summed E-state index contributed by atoms with van der Waals surface area (Å²) in [6.45, 7) is 6.75. The highest BCUT2D eigenvalue weighted by Crippen LogP contribution is 2.06. The molecule has 0 aliphatic carbocycles. The normalized spacial score (nSPS) is 12.3. The molecule has 1 amide bonds. The van der Waals surface area contributed by atoms with Crippen LogP contribution in [-0.4, -0.2) is 26.7 Å². The van der Waals surface area contributed by atoms with Gasteiger partial charge in [0, 0.05) is 6.54 Å². The molecule has 0 aliphatic heterocycles. The molecule has 0 rings (SSSR count). The van der Waals surface area contributed by atoms with Crippen LogP contribution in [0, 0.1) is 0 Å². The summed E-state index contributed by atoms with van der Waals surface area (Å²) in [6.07, 6.45) is -0.988. The molecule has 0 atom stereocenters. The van der Waals surface area contributed by atoms with Gasteiger partial charge in [0.15, 0.2) is 0 Å². The number of amides is 1. The highest BCUT2D eigenvalue weighted by Gasteiger charge is 2.20.